The van der Waals surface area contributed by atoms with Crippen LogP contribution in [0.15, 0.2) is 41.6 Å². The van der Waals surface area contributed by atoms with E-state index in [2.05, 4.69) is 15.4 Å². The van der Waals surface area contributed by atoms with Crippen molar-refractivity contribution in [3.05, 3.63) is 52.7 Å². The zero-order chi connectivity index (χ0) is 19.9. The van der Waals surface area contributed by atoms with Gasteiger partial charge in [-0.15, -0.1) is 0 Å². The van der Waals surface area contributed by atoms with Crippen molar-refractivity contribution in [2.45, 2.75) is 25.9 Å². The number of carbonyl (C=O) groups is 1. The van der Waals surface area contributed by atoms with Gasteiger partial charge in [-0.25, -0.2) is 18.1 Å². The number of sulfone groups is 1. The molecule has 28 heavy (non-hydrogen) atoms. The molecule has 0 spiro atoms. The fourth-order valence-electron chi connectivity index (χ4n) is 3.39. The zero-order valence-corrected chi connectivity index (χ0v) is 16.0. The van der Waals surface area contributed by atoms with Crippen LogP contribution in [0.3, 0.4) is 0 Å². The Kier molecular flexibility index (Phi) is 4.50. The summed E-state index contributed by atoms with van der Waals surface area (Å²) in [5.41, 5.74) is 1.61. The van der Waals surface area contributed by atoms with E-state index < -0.39 is 15.4 Å². The molecule has 1 atom stereocenters. The summed E-state index contributed by atoms with van der Waals surface area (Å²) >= 11 is 0. The van der Waals surface area contributed by atoms with Gasteiger partial charge in [0.25, 0.3) is 5.56 Å². The summed E-state index contributed by atoms with van der Waals surface area (Å²) in [6, 6.07) is 7.04. The fraction of sp³-hybridized carbons (Fsp3) is 0.333. The molecule has 4 rings (SSSR count). The fourth-order valence-corrected chi connectivity index (χ4v) is 5.08. The first kappa shape index (κ1) is 18.4. The van der Waals surface area contributed by atoms with Gasteiger partial charge in [-0.3, -0.25) is 14.2 Å². The molecule has 1 unspecified atom stereocenters. The van der Waals surface area contributed by atoms with E-state index in [1.807, 2.05) is 25.1 Å². The second-order valence-corrected chi connectivity index (χ2v) is 9.21. The lowest BCUT2D eigenvalue weighted by Crippen LogP contribution is -2.28. The molecule has 10 heteroatoms. The molecule has 0 saturated carbocycles. The summed E-state index contributed by atoms with van der Waals surface area (Å²) in [5.74, 6) is -0.244. The Morgan fingerprint density at radius 3 is 2.89 bits per heavy atom. The third-order valence-corrected chi connectivity index (χ3v) is 6.50. The molecular weight excluding hydrogens is 382 g/mol. The van der Waals surface area contributed by atoms with Crippen LogP contribution in [-0.2, 0) is 21.2 Å². The van der Waals surface area contributed by atoms with E-state index in [4.69, 9.17) is 0 Å². The van der Waals surface area contributed by atoms with E-state index >= 15 is 0 Å². The lowest BCUT2D eigenvalue weighted by molar-refractivity contribution is -0.116. The molecule has 2 aromatic heterocycles. The summed E-state index contributed by atoms with van der Waals surface area (Å²) in [5, 5.41) is 7.19. The summed E-state index contributed by atoms with van der Waals surface area (Å²) in [6.45, 7) is 1.74. The van der Waals surface area contributed by atoms with Gasteiger partial charge in [0.15, 0.2) is 15.5 Å². The normalized spacial score (nSPS) is 18.4. The van der Waals surface area contributed by atoms with Gasteiger partial charge in [-0.05, 0) is 31.0 Å². The second kappa shape index (κ2) is 6.86. The number of aromatic nitrogens is 4. The van der Waals surface area contributed by atoms with Crippen molar-refractivity contribution >= 4 is 32.5 Å². The Hall–Kier alpha value is -3.01. The first-order valence-corrected chi connectivity index (χ1v) is 10.6. The molecule has 1 amide bonds. The van der Waals surface area contributed by atoms with Crippen molar-refractivity contribution in [1.29, 1.82) is 0 Å². The molecular formula is C18H19N5O4S. The summed E-state index contributed by atoms with van der Waals surface area (Å²) in [4.78, 5) is 29.2. The number of amides is 1. The minimum absolute atomic E-state index is 0.00650. The van der Waals surface area contributed by atoms with Crippen LogP contribution >= 0.6 is 0 Å². The summed E-state index contributed by atoms with van der Waals surface area (Å²) in [6.07, 6.45) is 3.12. The van der Waals surface area contributed by atoms with Crippen LogP contribution in [0.4, 0.5) is 5.69 Å². The average Bonchev–Trinajstić information content (AvgIpc) is 3.20. The number of benzene rings is 1. The van der Waals surface area contributed by atoms with Gasteiger partial charge in [0.2, 0.25) is 5.91 Å². The molecule has 9 nitrogen and oxygen atoms in total. The van der Waals surface area contributed by atoms with Gasteiger partial charge in [0.1, 0.15) is 18.3 Å². The van der Waals surface area contributed by atoms with Gasteiger partial charge < -0.3 is 5.32 Å². The van der Waals surface area contributed by atoms with Crippen molar-refractivity contribution < 1.29 is 13.2 Å². The Bertz CT molecular complexity index is 1230. The lowest BCUT2D eigenvalue weighted by atomic mass is 10.2. The maximum absolute atomic E-state index is 12.7. The summed E-state index contributed by atoms with van der Waals surface area (Å²) < 4.78 is 26.1. The number of carbonyl (C=O) groups excluding carboxylic acids is 1. The first-order valence-electron chi connectivity index (χ1n) is 8.82. The number of fused-ring (bicyclic) bond motifs is 1. The van der Waals surface area contributed by atoms with Crippen LogP contribution in [0.5, 0.6) is 0 Å². The van der Waals surface area contributed by atoms with Crippen LogP contribution in [0, 0.1) is 6.92 Å². The van der Waals surface area contributed by atoms with Crippen LogP contribution < -0.4 is 10.9 Å². The van der Waals surface area contributed by atoms with E-state index in [1.165, 1.54) is 21.8 Å². The minimum Gasteiger partial charge on any atom is -0.325 e. The third-order valence-electron chi connectivity index (χ3n) is 4.75. The van der Waals surface area contributed by atoms with E-state index in [-0.39, 0.29) is 35.4 Å². The molecule has 0 bridgehead atoms. The highest BCUT2D eigenvalue weighted by Gasteiger charge is 2.31. The molecule has 1 fully saturated rings. The molecule has 3 heterocycles. The highest BCUT2D eigenvalue weighted by Crippen LogP contribution is 2.25. The second-order valence-electron chi connectivity index (χ2n) is 6.98. The molecule has 1 aliphatic rings. The van der Waals surface area contributed by atoms with Crippen molar-refractivity contribution in [3.8, 4) is 0 Å². The number of rotatable bonds is 4. The predicted octanol–water partition coefficient (Wildman–Crippen LogP) is 0.900. The van der Waals surface area contributed by atoms with Crippen molar-refractivity contribution in [2.24, 2.45) is 0 Å². The van der Waals surface area contributed by atoms with E-state index in [1.54, 1.807) is 6.07 Å². The Balaban J connectivity index is 1.57. The molecule has 0 aliphatic carbocycles. The lowest BCUT2D eigenvalue weighted by Gasteiger charge is -2.10. The zero-order valence-electron chi connectivity index (χ0n) is 15.2. The van der Waals surface area contributed by atoms with Crippen LogP contribution in [-0.4, -0.2) is 45.2 Å². The Labute approximate surface area is 160 Å². The van der Waals surface area contributed by atoms with Crippen molar-refractivity contribution in [3.63, 3.8) is 0 Å². The predicted molar refractivity (Wildman–Crippen MR) is 104 cm³/mol. The third kappa shape index (κ3) is 3.55. The number of anilines is 1. The van der Waals surface area contributed by atoms with Gasteiger partial charge in [0.05, 0.1) is 23.7 Å². The molecule has 1 aliphatic heterocycles. The minimum atomic E-state index is -3.08. The summed E-state index contributed by atoms with van der Waals surface area (Å²) in [7, 11) is -3.08. The van der Waals surface area contributed by atoms with E-state index in [9.17, 15) is 18.0 Å². The van der Waals surface area contributed by atoms with Gasteiger partial charge >= 0.3 is 0 Å². The smallest absolute Gasteiger partial charge is 0.264 e. The molecule has 1 N–H and O–H groups in total. The number of hydrogen-bond donors (Lipinski definition) is 1. The van der Waals surface area contributed by atoms with Crippen molar-refractivity contribution in [1.82, 2.24) is 19.3 Å². The highest BCUT2D eigenvalue weighted by molar-refractivity contribution is 7.91. The molecule has 1 saturated heterocycles. The maximum Gasteiger partial charge on any atom is 0.264 e. The largest absolute Gasteiger partial charge is 0.325 e. The van der Waals surface area contributed by atoms with Crippen LogP contribution in [0.25, 0.3) is 11.0 Å². The quantitative estimate of drug-likeness (QED) is 0.694. The average molecular weight is 401 g/mol. The standard InChI is InChI=1S/C18H19N5O4S/c1-12-3-2-4-13(7-12)21-16(24)9-22-11-19-17-15(18(22)25)8-20-23(17)14-5-6-28(26,27)10-14/h2-4,7-8,11,14H,5-6,9-10H2,1H3,(H,21,24). The number of aryl methyl sites for hydroxylation is 1. The molecule has 146 valence electrons. The Morgan fingerprint density at radius 1 is 1.36 bits per heavy atom. The van der Waals surface area contributed by atoms with Gasteiger partial charge in [-0.2, -0.15) is 5.10 Å². The maximum atomic E-state index is 12.7. The van der Waals surface area contributed by atoms with Crippen LogP contribution in [0.2, 0.25) is 0 Å². The van der Waals surface area contributed by atoms with Crippen molar-refractivity contribution in [2.75, 3.05) is 16.8 Å². The highest BCUT2D eigenvalue weighted by atomic mass is 32.2. The molecule has 0 radical (unpaired) electrons. The van der Waals surface area contributed by atoms with Gasteiger partial charge in [0, 0.05) is 5.69 Å². The first-order chi connectivity index (χ1) is 13.3. The van der Waals surface area contributed by atoms with Gasteiger partial charge in [-0.1, -0.05) is 12.1 Å². The molecule has 3 aromatic rings. The number of hydrogen-bond acceptors (Lipinski definition) is 6. The Morgan fingerprint density at radius 2 is 2.18 bits per heavy atom. The number of nitrogens with one attached hydrogen (secondary N) is 1. The number of nitrogens with zero attached hydrogens (tertiary/aromatic N) is 4. The molecule has 1 aromatic carbocycles. The monoisotopic (exact) mass is 401 g/mol. The van der Waals surface area contributed by atoms with E-state index in [0.29, 0.717) is 17.8 Å². The topological polar surface area (TPSA) is 116 Å². The van der Waals surface area contributed by atoms with Crippen LogP contribution in [0.1, 0.15) is 18.0 Å². The van der Waals surface area contributed by atoms with E-state index in [0.717, 1.165) is 5.56 Å². The SMILES string of the molecule is Cc1cccc(NC(=O)Cn2cnc3c(cnn3C3CCS(=O)(=O)C3)c2=O)c1.